The second-order valence-electron chi connectivity index (χ2n) is 5.87. The molecule has 3 rings (SSSR count). The number of hydrogen-bond acceptors (Lipinski definition) is 2. The molecule has 1 heterocycles. The Morgan fingerprint density at radius 3 is 2.95 bits per heavy atom. The van der Waals surface area contributed by atoms with Crippen molar-refractivity contribution in [1.29, 1.82) is 0 Å². The summed E-state index contributed by atoms with van der Waals surface area (Å²) in [4.78, 5) is 11.1. The lowest BCUT2D eigenvalue weighted by molar-refractivity contribution is -0.137. The lowest BCUT2D eigenvalue weighted by Crippen LogP contribution is -2.15. The van der Waals surface area contributed by atoms with Crippen LogP contribution in [-0.4, -0.2) is 17.7 Å². The van der Waals surface area contributed by atoms with Gasteiger partial charge in [-0.25, -0.2) is 0 Å². The molecule has 1 saturated carbocycles. The van der Waals surface area contributed by atoms with Crippen LogP contribution in [0.15, 0.2) is 6.07 Å². The second kappa shape index (κ2) is 5.28. The van der Waals surface area contributed by atoms with Crippen molar-refractivity contribution in [3.63, 3.8) is 0 Å². The first-order valence-electron chi connectivity index (χ1n) is 7.24. The summed E-state index contributed by atoms with van der Waals surface area (Å²) in [6, 6.07) is 1.94. The largest absolute Gasteiger partial charge is 0.492 e. The minimum Gasteiger partial charge on any atom is -0.492 e. The number of ether oxygens (including phenoxy) is 1. The van der Waals surface area contributed by atoms with E-state index in [1.165, 1.54) is 11.1 Å². The predicted molar refractivity (Wildman–Crippen MR) is 77.7 cm³/mol. The lowest BCUT2D eigenvalue weighted by Gasteiger charge is -2.25. The van der Waals surface area contributed by atoms with E-state index >= 15 is 0 Å². The van der Waals surface area contributed by atoms with E-state index in [4.69, 9.17) is 21.4 Å². The van der Waals surface area contributed by atoms with Crippen LogP contribution in [0.25, 0.3) is 0 Å². The fraction of sp³-hybridized carbons (Fsp3) is 0.562. The van der Waals surface area contributed by atoms with Gasteiger partial charge in [-0.2, -0.15) is 0 Å². The van der Waals surface area contributed by atoms with Crippen LogP contribution in [0.5, 0.6) is 5.75 Å². The van der Waals surface area contributed by atoms with Crippen molar-refractivity contribution in [1.82, 2.24) is 0 Å². The minimum atomic E-state index is -0.730. The molecule has 1 aromatic rings. The van der Waals surface area contributed by atoms with Crippen molar-refractivity contribution in [2.45, 2.75) is 44.9 Å². The third-order valence-corrected chi connectivity index (χ3v) is 4.74. The van der Waals surface area contributed by atoms with Crippen LogP contribution >= 0.6 is 11.6 Å². The van der Waals surface area contributed by atoms with Gasteiger partial charge in [-0.15, -0.1) is 0 Å². The molecule has 1 N–H and O–H groups in total. The van der Waals surface area contributed by atoms with E-state index in [1.807, 2.05) is 6.07 Å². The molecule has 1 fully saturated rings. The summed E-state index contributed by atoms with van der Waals surface area (Å²) in [5.41, 5.74) is 3.47. The Morgan fingerprint density at radius 1 is 1.55 bits per heavy atom. The molecule has 1 aliphatic heterocycles. The maximum Gasteiger partial charge on any atom is 0.303 e. The minimum absolute atomic E-state index is 0.0947. The number of hydrogen-bond donors (Lipinski definition) is 1. The topological polar surface area (TPSA) is 46.5 Å². The number of rotatable bonds is 4. The Bertz CT molecular complexity index is 549. The van der Waals surface area contributed by atoms with E-state index < -0.39 is 5.97 Å². The molecule has 0 radical (unpaired) electrons. The number of aliphatic carboxylic acids is 1. The zero-order valence-electron chi connectivity index (χ0n) is 11.6. The molecule has 2 aliphatic rings. The summed E-state index contributed by atoms with van der Waals surface area (Å²) in [5, 5.41) is 9.80. The molecule has 1 unspecified atom stereocenters. The summed E-state index contributed by atoms with van der Waals surface area (Å²) in [5.74, 6) is 0.677. The van der Waals surface area contributed by atoms with Gasteiger partial charge in [0.05, 0.1) is 18.1 Å². The summed E-state index contributed by atoms with van der Waals surface area (Å²) < 4.78 is 5.68. The summed E-state index contributed by atoms with van der Waals surface area (Å²) in [6.45, 7) is 2.79. The van der Waals surface area contributed by atoms with E-state index in [-0.39, 0.29) is 12.3 Å². The number of carbonyl (C=O) groups is 1. The smallest absolute Gasteiger partial charge is 0.303 e. The maximum atomic E-state index is 11.1. The highest BCUT2D eigenvalue weighted by Crippen LogP contribution is 2.48. The second-order valence-corrected chi connectivity index (χ2v) is 6.28. The summed E-state index contributed by atoms with van der Waals surface area (Å²) >= 11 is 6.35. The Balaban J connectivity index is 2.03. The van der Waals surface area contributed by atoms with Crippen LogP contribution in [0.4, 0.5) is 0 Å². The van der Waals surface area contributed by atoms with Gasteiger partial charge in [0.15, 0.2) is 0 Å². The first-order valence-corrected chi connectivity index (χ1v) is 7.62. The van der Waals surface area contributed by atoms with Crippen LogP contribution < -0.4 is 4.74 Å². The van der Waals surface area contributed by atoms with E-state index in [0.29, 0.717) is 17.5 Å². The molecular weight excluding hydrogens is 276 g/mol. The molecule has 3 nitrogen and oxygen atoms in total. The van der Waals surface area contributed by atoms with Crippen molar-refractivity contribution in [3.8, 4) is 5.75 Å². The zero-order valence-corrected chi connectivity index (χ0v) is 12.4. The van der Waals surface area contributed by atoms with Gasteiger partial charge in [0.1, 0.15) is 5.75 Å². The van der Waals surface area contributed by atoms with Gasteiger partial charge in [-0.1, -0.05) is 11.6 Å². The lowest BCUT2D eigenvalue weighted by atomic mass is 9.84. The average Bonchev–Trinajstić information content (AvgIpc) is 3.25. The van der Waals surface area contributed by atoms with Gasteiger partial charge in [0.2, 0.25) is 0 Å². The molecule has 4 heteroatoms. The monoisotopic (exact) mass is 294 g/mol. The maximum absolute atomic E-state index is 11.1. The molecule has 0 amide bonds. The Hall–Kier alpha value is -1.22. The van der Waals surface area contributed by atoms with Crippen molar-refractivity contribution < 1.29 is 14.6 Å². The van der Waals surface area contributed by atoms with Crippen molar-refractivity contribution in [2.75, 3.05) is 6.61 Å². The van der Waals surface area contributed by atoms with E-state index in [1.54, 1.807) is 0 Å². The number of benzene rings is 1. The van der Waals surface area contributed by atoms with Gasteiger partial charge in [0.25, 0.3) is 0 Å². The first-order chi connectivity index (χ1) is 9.58. The van der Waals surface area contributed by atoms with Gasteiger partial charge >= 0.3 is 5.97 Å². The fourth-order valence-corrected chi connectivity index (χ4v) is 3.57. The van der Waals surface area contributed by atoms with Crippen LogP contribution in [0.1, 0.15) is 48.3 Å². The molecule has 1 aliphatic carbocycles. The van der Waals surface area contributed by atoms with Crippen molar-refractivity contribution >= 4 is 17.6 Å². The number of carboxylic acid groups (broad SMARTS) is 1. The quantitative estimate of drug-likeness (QED) is 0.915. The normalized spacial score (nSPS) is 19.1. The highest BCUT2D eigenvalue weighted by Gasteiger charge is 2.35. The van der Waals surface area contributed by atoms with Gasteiger partial charge < -0.3 is 9.84 Å². The highest BCUT2D eigenvalue weighted by molar-refractivity contribution is 6.32. The Morgan fingerprint density at radius 2 is 2.30 bits per heavy atom. The van der Waals surface area contributed by atoms with E-state index in [9.17, 15) is 4.79 Å². The standard InChI is InChI=1S/C16H19ClO3/c1-9-11-3-2-6-20-16(11)14(17)7-12(9)13(8-15(18)19)10-4-5-10/h7,10,13H,2-6,8H2,1H3,(H,18,19). The van der Waals surface area contributed by atoms with Crippen LogP contribution in [-0.2, 0) is 11.2 Å². The molecule has 108 valence electrons. The number of halogens is 1. The van der Waals surface area contributed by atoms with Crippen molar-refractivity contribution in [3.05, 3.63) is 27.8 Å². The highest BCUT2D eigenvalue weighted by atomic mass is 35.5. The molecule has 1 atom stereocenters. The molecule has 20 heavy (non-hydrogen) atoms. The molecule has 0 bridgehead atoms. The Labute approximate surface area is 123 Å². The SMILES string of the molecule is Cc1c(C(CC(=O)O)C2CC2)cc(Cl)c2c1CCCO2. The molecule has 0 saturated heterocycles. The Kier molecular flexibility index (Phi) is 3.63. The summed E-state index contributed by atoms with van der Waals surface area (Å²) in [7, 11) is 0. The average molecular weight is 295 g/mol. The first kappa shape index (κ1) is 13.7. The van der Waals surface area contributed by atoms with E-state index in [2.05, 4.69) is 6.92 Å². The van der Waals surface area contributed by atoms with Crippen molar-refractivity contribution in [2.24, 2.45) is 5.92 Å². The number of fused-ring (bicyclic) bond motifs is 1. The molecule has 0 spiro atoms. The molecular formula is C16H19ClO3. The molecule has 0 aromatic heterocycles. The van der Waals surface area contributed by atoms with Gasteiger partial charge in [-0.3, -0.25) is 4.79 Å². The third-order valence-electron chi connectivity index (χ3n) is 4.46. The van der Waals surface area contributed by atoms with Gasteiger partial charge in [-0.05, 0) is 67.2 Å². The fourth-order valence-electron chi connectivity index (χ4n) is 3.28. The summed E-state index contributed by atoms with van der Waals surface area (Å²) in [6.07, 6.45) is 4.42. The van der Waals surface area contributed by atoms with Gasteiger partial charge in [0, 0.05) is 0 Å². The molecule has 1 aromatic carbocycles. The van der Waals surface area contributed by atoms with Crippen LogP contribution in [0.3, 0.4) is 0 Å². The third kappa shape index (κ3) is 2.51. The van der Waals surface area contributed by atoms with E-state index in [0.717, 1.165) is 37.0 Å². The predicted octanol–water partition coefficient (Wildman–Crippen LogP) is 3.94. The van der Waals surface area contributed by atoms with Crippen LogP contribution in [0.2, 0.25) is 5.02 Å². The number of carboxylic acids is 1. The van der Waals surface area contributed by atoms with Crippen LogP contribution in [0, 0.1) is 12.8 Å². The zero-order chi connectivity index (χ0) is 14.3.